The Morgan fingerprint density at radius 1 is 1.57 bits per heavy atom. The van der Waals surface area contributed by atoms with Crippen LogP contribution < -0.4 is 5.32 Å². The van der Waals surface area contributed by atoms with Gasteiger partial charge in [0.25, 0.3) is 0 Å². The highest BCUT2D eigenvalue weighted by Gasteiger charge is 2.41. The highest BCUT2D eigenvalue weighted by Crippen LogP contribution is 2.47. The van der Waals surface area contributed by atoms with Crippen LogP contribution >= 0.6 is 11.5 Å². The molecule has 2 rings (SSSR count). The Morgan fingerprint density at radius 3 is 3.00 bits per heavy atom. The molecule has 1 fully saturated rings. The van der Waals surface area contributed by atoms with Crippen molar-refractivity contribution in [1.29, 1.82) is 0 Å². The summed E-state index contributed by atoms with van der Waals surface area (Å²) in [5, 5.41) is 18.2. The molecule has 1 saturated carbocycles. The first-order chi connectivity index (χ1) is 6.85. The average Bonchev–Trinajstić information content (AvgIpc) is 2.75. The predicted octanol–water partition coefficient (Wildman–Crippen LogP) is 0.790. The molecule has 0 radical (unpaired) electrons. The summed E-state index contributed by atoms with van der Waals surface area (Å²) in [7, 11) is 0. The van der Waals surface area contributed by atoms with Crippen LogP contribution in [0.3, 0.4) is 0 Å². The molecule has 0 aliphatic heterocycles. The van der Waals surface area contributed by atoms with E-state index in [1.807, 2.05) is 5.38 Å². The van der Waals surface area contributed by atoms with Crippen LogP contribution in [0.1, 0.15) is 25.0 Å². The highest BCUT2D eigenvalue weighted by molar-refractivity contribution is 7.03. The third-order valence-electron chi connectivity index (χ3n) is 2.81. The fourth-order valence-electron chi connectivity index (χ4n) is 1.65. The van der Waals surface area contributed by atoms with Crippen molar-refractivity contribution in [3.05, 3.63) is 11.1 Å². The van der Waals surface area contributed by atoms with Crippen molar-refractivity contribution >= 4 is 11.5 Å². The summed E-state index contributed by atoms with van der Waals surface area (Å²) in [5.41, 5.74) is 1.40. The monoisotopic (exact) mass is 213 g/mol. The van der Waals surface area contributed by atoms with Gasteiger partial charge in [-0.25, -0.2) is 0 Å². The van der Waals surface area contributed by atoms with Gasteiger partial charge in [-0.2, -0.15) is 0 Å². The Bertz CT molecular complexity index is 272. The molecule has 5 heteroatoms. The second-order valence-electron chi connectivity index (χ2n) is 3.97. The van der Waals surface area contributed by atoms with Crippen LogP contribution in [0, 0.1) is 5.41 Å². The van der Waals surface area contributed by atoms with E-state index in [0.717, 1.165) is 25.2 Å². The van der Waals surface area contributed by atoms with Crippen LogP contribution in [0.15, 0.2) is 5.38 Å². The number of nitrogens with zero attached hydrogens (tertiary/aromatic N) is 2. The molecule has 1 aromatic heterocycles. The van der Waals surface area contributed by atoms with Gasteiger partial charge >= 0.3 is 0 Å². The number of nitrogens with one attached hydrogen (secondary N) is 1. The quantitative estimate of drug-likeness (QED) is 0.733. The molecule has 4 nitrogen and oxygen atoms in total. The fourth-order valence-corrected chi connectivity index (χ4v) is 2.10. The van der Waals surface area contributed by atoms with Crippen LogP contribution in [-0.4, -0.2) is 27.8 Å². The molecule has 0 amide bonds. The van der Waals surface area contributed by atoms with Crippen LogP contribution in [0.25, 0.3) is 0 Å². The standard InChI is InChI=1S/C9H15N3OS/c13-4-3-9(1-2-9)7-10-5-8-6-14-12-11-8/h6,10,13H,1-5,7H2. The lowest BCUT2D eigenvalue weighted by molar-refractivity contribution is 0.245. The van der Waals surface area contributed by atoms with Crippen molar-refractivity contribution in [2.24, 2.45) is 5.41 Å². The Morgan fingerprint density at radius 2 is 2.43 bits per heavy atom. The molecule has 0 aromatic carbocycles. The highest BCUT2D eigenvalue weighted by atomic mass is 32.1. The zero-order valence-corrected chi connectivity index (χ0v) is 8.89. The lowest BCUT2D eigenvalue weighted by atomic mass is 10.0. The Balaban J connectivity index is 1.68. The third kappa shape index (κ3) is 2.50. The van der Waals surface area contributed by atoms with Crippen molar-refractivity contribution in [3.8, 4) is 0 Å². The normalized spacial score (nSPS) is 18.4. The maximum absolute atomic E-state index is 8.88. The lowest BCUT2D eigenvalue weighted by Gasteiger charge is -2.13. The first-order valence-electron chi connectivity index (χ1n) is 4.92. The van der Waals surface area contributed by atoms with Gasteiger partial charge in [0.15, 0.2) is 0 Å². The predicted molar refractivity (Wildman–Crippen MR) is 55.0 cm³/mol. The number of aliphatic hydroxyl groups excluding tert-OH is 1. The summed E-state index contributed by atoms with van der Waals surface area (Å²) in [6.07, 6.45) is 3.42. The summed E-state index contributed by atoms with van der Waals surface area (Å²) in [6.45, 7) is 2.09. The molecule has 0 spiro atoms. The van der Waals surface area contributed by atoms with E-state index in [2.05, 4.69) is 14.9 Å². The summed E-state index contributed by atoms with van der Waals surface area (Å²) < 4.78 is 3.80. The van der Waals surface area contributed by atoms with Gasteiger partial charge in [-0.05, 0) is 36.2 Å². The Hall–Kier alpha value is -0.520. The second kappa shape index (κ2) is 4.33. The average molecular weight is 213 g/mol. The summed E-state index contributed by atoms with van der Waals surface area (Å²) in [6, 6.07) is 0. The molecule has 0 unspecified atom stereocenters. The molecule has 0 bridgehead atoms. The van der Waals surface area contributed by atoms with Crippen molar-refractivity contribution in [2.75, 3.05) is 13.2 Å². The van der Waals surface area contributed by atoms with Crippen molar-refractivity contribution in [1.82, 2.24) is 14.9 Å². The van der Waals surface area contributed by atoms with Crippen LogP contribution in [0.2, 0.25) is 0 Å². The molecule has 14 heavy (non-hydrogen) atoms. The summed E-state index contributed by atoms with van der Waals surface area (Å²) in [4.78, 5) is 0. The van der Waals surface area contributed by atoms with E-state index < -0.39 is 0 Å². The SMILES string of the molecule is OCCC1(CNCc2csnn2)CC1. The summed E-state index contributed by atoms with van der Waals surface area (Å²) in [5.74, 6) is 0. The number of hydrogen-bond donors (Lipinski definition) is 2. The second-order valence-corrected chi connectivity index (χ2v) is 4.58. The molecule has 1 aromatic rings. The smallest absolute Gasteiger partial charge is 0.0893 e. The summed E-state index contributed by atoms with van der Waals surface area (Å²) >= 11 is 1.38. The number of aliphatic hydroxyl groups is 1. The van der Waals surface area contributed by atoms with Gasteiger partial charge in [0.1, 0.15) is 0 Å². The molecular weight excluding hydrogens is 198 g/mol. The molecule has 0 atom stereocenters. The molecule has 1 aliphatic carbocycles. The number of hydrogen-bond acceptors (Lipinski definition) is 5. The van der Waals surface area contributed by atoms with Gasteiger partial charge in [0.05, 0.1) is 5.69 Å². The Kier molecular flexibility index (Phi) is 3.10. The maximum atomic E-state index is 8.88. The minimum absolute atomic E-state index is 0.305. The number of aromatic nitrogens is 2. The molecule has 2 N–H and O–H groups in total. The van der Waals surface area contributed by atoms with E-state index in [0.29, 0.717) is 12.0 Å². The Labute approximate surface area is 87.5 Å². The van der Waals surface area contributed by atoms with Gasteiger partial charge < -0.3 is 10.4 Å². The van der Waals surface area contributed by atoms with Crippen LogP contribution in [-0.2, 0) is 6.54 Å². The molecular formula is C9H15N3OS. The van der Waals surface area contributed by atoms with Gasteiger partial charge in [0.2, 0.25) is 0 Å². The van der Waals surface area contributed by atoms with Gasteiger partial charge in [-0.1, -0.05) is 4.49 Å². The number of rotatable bonds is 6. The van der Waals surface area contributed by atoms with Gasteiger partial charge in [0, 0.05) is 25.1 Å². The van der Waals surface area contributed by atoms with Crippen molar-refractivity contribution in [3.63, 3.8) is 0 Å². The van der Waals surface area contributed by atoms with Crippen LogP contribution in [0.5, 0.6) is 0 Å². The largest absolute Gasteiger partial charge is 0.396 e. The maximum Gasteiger partial charge on any atom is 0.0893 e. The van der Waals surface area contributed by atoms with E-state index in [4.69, 9.17) is 5.11 Å². The minimum atomic E-state index is 0.305. The van der Waals surface area contributed by atoms with E-state index in [1.54, 1.807) is 0 Å². The molecule has 1 heterocycles. The van der Waals surface area contributed by atoms with Gasteiger partial charge in [-0.15, -0.1) is 5.10 Å². The topological polar surface area (TPSA) is 58.0 Å². The first-order valence-corrected chi connectivity index (χ1v) is 5.76. The van der Waals surface area contributed by atoms with Crippen molar-refractivity contribution in [2.45, 2.75) is 25.8 Å². The fraction of sp³-hybridized carbons (Fsp3) is 0.778. The van der Waals surface area contributed by atoms with E-state index in [-0.39, 0.29) is 0 Å². The van der Waals surface area contributed by atoms with E-state index >= 15 is 0 Å². The first kappa shape index (κ1) is 10.0. The third-order valence-corrected chi connectivity index (χ3v) is 3.36. The molecule has 78 valence electrons. The van der Waals surface area contributed by atoms with Crippen molar-refractivity contribution < 1.29 is 5.11 Å². The van der Waals surface area contributed by atoms with Gasteiger partial charge in [-0.3, -0.25) is 0 Å². The van der Waals surface area contributed by atoms with Crippen LogP contribution in [0.4, 0.5) is 0 Å². The zero-order valence-electron chi connectivity index (χ0n) is 8.07. The molecule has 1 aliphatic rings. The minimum Gasteiger partial charge on any atom is -0.396 e. The molecule has 0 saturated heterocycles. The zero-order chi connectivity index (χ0) is 9.86. The van der Waals surface area contributed by atoms with E-state index in [1.165, 1.54) is 24.4 Å². The lowest BCUT2D eigenvalue weighted by Crippen LogP contribution is -2.24. The van der Waals surface area contributed by atoms with E-state index in [9.17, 15) is 0 Å².